The zero-order chi connectivity index (χ0) is 21.3. The molecular formula is C23H21Cl2NO3S. The molecule has 3 aromatic rings. The van der Waals surface area contributed by atoms with E-state index in [-0.39, 0.29) is 12.3 Å². The molecule has 30 heavy (non-hydrogen) atoms. The first-order valence-electron chi connectivity index (χ1n) is 9.80. The Morgan fingerprint density at radius 2 is 2.07 bits per heavy atom. The Morgan fingerprint density at radius 1 is 1.23 bits per heavy atom. The van der Waals surface area contributed by atoms with Crippen LogP contribution in [0.5, 0.6) is 5.75 Å². The van der Waals surface area contributed by atoms with Gasteiger partial charge in [0.2, 0.25) is 0 Å². The Morgan fingerprint density at radius 3 is 2.83 bits per heavy atom. The molecule has 1 heterocycles. The lowest BCUT2D eigenvalue weighted by atomic mass is 9.98. The molecule has 4 nitrogen and oxygen atoms in total. The van der Waals surface area contributed by atoms with Gasteiger partial charge in [0.1, 0.15) is 10.8 Å². The molecule has 0 spiro atoms. The fourth-order valence-electron chi connectivity index (χ4n) is 3.87. The molecule has 0 bridgehead atoms. The maximum absolute atomic E-state index is 11.0. The minimum absolute atomic E-state index is 0.115. The third kappa shape index (κ3) is 4.64. The third-order valence-corrected chi connectivity index (χ3v) is 7.21. The second-order valence-corrected chi connectivity index (χ2v) is 9.46. The van der Waals surface area contributed by atoms with Crippen molar-refractivity contribution >= 4 is 40.5 Å². The monoisotopic (exact) mass is 461 g/mol. The van der Waals surface area contributed by atoms with Crippen molar-refractivity contribution in [2.24, 2.45) is 0 Å². The molecule has 0 radical (unpaired) electrons. The summed E-state index contributed by atoms with van der Waals surface area (Å²) in [6.45, 7) is 2.59. The Labute approximate surface area is 189 Å². The van der Waals surface area contributed by atoms with Gasteiger partial charge < -0.3 is 9.84 Å². The van der Waals surface area contributed by atoms with Gasteiger partial charge in [0, 0.05) is 16.9 Å². The number of hydrogen-bond acceptors (Lipinski definition) is 4. The fraction of sp³-hybridized carbons (Fsp3) is 0.304. The number of fused-ring (bicyclic) bond motifs is 1. The highest BCUT2D eigenvalue weighted by atomic mass is 35.5. The van der Waals surface area contributed by atoms with E-state index in [1.54, 1.807) is 17.4 Å². The smallest absolute Gasteiger partial charge is 0.303 e. The quantitative estimate of drug-likeness (QED) is 0.433. The van der Waals surface area contributed by atoms with Crippen LogP contribution in [0.4, 0.5) is 0 Å². The van der Waals surface area contributed by atoms with Crippen LogP contribution in [-0.2, 0) is 17.6 Å². The zero-order valence-electron chi connectivity index (χ0n) is 16.5. The molecule has 0 saturated heterocycles. The van der Waals surface area contributed by atoms with Crippen LogP contribution in [0.3, 0.4) is 0 Å². The number of aromatic nitrogens is 1. The number of aryl methyl sites for hydroxylation is 2. The van der Waals surface area contributed by atoms with Crippen LogP contribution in [-0.4, -0.2) is 22.7 Å². The van der Waals surface area contributed by atoms with E-state index in [4.69, 9.17) is 38.0 Å². The second-order valence-electron chi connectivity index (χ2n) is 7.44. The number of hydrogen-bond donors (Lipinski definition) is 1. The lowest BCUT2D eigenvalue weighted by Gasteiger charge is -2.10. The maximum Gasteiger partial charge on any atom is 0.303 e. The highest BCUT2D eigenvalue weighted by Gasteiger charge is 2.24. The van der Waals surface area contributed by atoms with Gasteiger partial charge in [-0.15, -0.1) is 11.3 Å². The average molecular weight is 462 g/mol. The van der Waals surface area contributed by atoms with Crippen molar-refractivity contribution in [1.29, 1.82) is 0 Å². The molecule has 1 aliphatic carbocycles. The molecule has 0 amide bonds. The molecule has 1 aliphatic rings. The molecule has 1 N–H and O–H groups in total. The van der Waals surface area contributed by atoms with Gasteiger partial charge in [0.05, 0.1) is 28.8 Å². The molecule has 0 saturated carbocycles. The standard InChI is InChI=1S/C23H21Cl2NO3S/c1-13-21(26-23(30-13)16-4-7-19(24)20(25)11-16)8-9-29-17-5-6-18-14(10-17)2-3-15(18)12-22(27)28/h4-7,10-11,15H,2-3,8-9,12H2,1H3,(H,27,28)/t15-/m0/s1. The van der Waals surface area contributed by atoms with E-state index in [9.17, 15) is 4.79 Å². The second kappa shape index (κ2) is 8.96. The van der Waals surface area contributed by atoms with Crippen LogP contribution in [0.2, 0.25) is 10.0 Å². The largest absolute Gasteiger partial charge is 0.493 e. The van der Waals surface area contributed by atoms with E-state index in [0.29, 0.717) is 23.1 Å². The molecule has 1 aromatic heterocycles. The van der Waals surface area contributed by atoms with Gasteiger partial charge in [-0.25, -0.2) is 4.98 Å². The molecular weight excluding hydrogens is 441 g/mol. The first kappa shape index (κ1) is 21.2. The minimum Gasteiger partial charge on any atom is -0.493 e. The Bertz CT molecular complexity index is 1100. The van der Waals surface area contributed by atoms with Crippen LogP contribution < -0.4 is 4.74 Å². The molecule has 0 fully saturated rings. The van der Waals surface area contributed by atoms with Crippen LogP contribution in [0.15, 0.2) is 36.4 Å². The summed E-state index contributed by atoms with van der Waals surface area (Å²) in [6, 6.07) is 11.6. The zero-order valence-corrected chi connectivity index (χ0v) is 18.8. The molecule has 2 aromatic carbocycles. The van der Waals surface area contributed by atoms with E-state index in [1.807, 2.05) is 30.3 Å². The Hall–Kier alpha value is -2.08. The summed E-state index contributed by atoms with van der Waals surface area (Å²) in [5, 5.41) is 11.0. The molecule has 156 valence electrons. The predicted molar refractivity (Wildman–Crippen MR) is 121 cm³/mol. The summed E-state index contributed by atoms with van der Waals surface area (Å²) >= 11 is 13.8. The number of carbonyl (C=O) groups is 1. The lowest BCUT2D eigenvalue weighted by molar-refractivity contribution is -0.137. The van der Waals surface area contributed by atoms with Crippen molar-refractivity contribution < 1.29 is 14.6 Å². The van der Waals surface area contributed by atoms with Crippen molar-refractivity contribution in [2.75, 3.05) is 6.61 Å². The number of aliphatic carboxylic acids is 1. The summed E-state index contributed by atoms with van der Waals surface area (Å²) in [5.41, 5.74) is 4.32. The summed E-state index contributed by atoms with van der Waals surface area (Å²) in [5.74, 6) is 0.193. The van der Waals surface area contributed by atoms with Crippen LogP contribution >= 0.6 is 34.5 Å². The van der Waals surface area contributed by atoms with Gasteiger partial charge in [-0.3, -0.25) is 4.79 Å². The number of carboxylic acid groups (broad SMARTS) is 1. The third-order valence-electron chi connectivity index (χ3n) is 5.40. The number of carboxylic acids is 1. The predicted octanol–water partition coefficient (Wildman–Crippen LogP) is 6.55. The van der Waals surface area contributed by atoms with E-state index >= 15 is 0 Å². The van der Waals surface area contributed by atoms with E-state index < -0.39 is 5.97 Å². The van der Waals surface area contributed by atoms with Crippen molar-refractivity contribution in [1.82, 2.24) is 4.98 Å². The van der Waals surface area contributed by atoms with Gasteiger partial charge in [-0.05, 0) is 61.1 Å². The van der Waals surface area contributed by atoms with Crippen molar-refractivity contribution in [3.63, 3.8) is 0 Å². The lowest BCUT2D eigenvalue weighted by Crippen LogP contribution is -2.04. The maximum atomic E-state index is 11.0. The minimum atomic E-state index is -0.743. The van der Waals surface area contributed by atoms with Crippen molar-refractivity contribution in [3.05, 3.63) is 68.1 Å². The first-order chi connectivity index (χ1) is 14.4. The fourth-order valence-corrected chi connectivity index (χ4v) is 5.13. The Balaban J connectivity index is 1.39. The van der Waals surface area contributed by atoms with Gasteiger partial charge in [0.25, 0.3) is 0 Å². The summed E-state index contributed by atoms with van der Waals surface area (Å²) in [6.07, 6.45) is 2.70. The van der Waals surface area contributed by atoms with Crippen LogP contribution in [0.1, 0.15) is 40.5 Å². The van der Waals surface area contributed by atoms with Gasteiger partial charge in [0.15, 0.2) is 0 Å². The number of nitrogens with zero attached hydrogens (tertiary/aromatic N) is 1. The highest BCUT2D eigenvalue weighted by molar-refractivity contribution is 7.15. The van der Waals surface area contributed by atoms with Gasteiger partial charge >= 0.3 is 5.97 Å². The molecule has 0 aliphatic heterocycles. The molecule has 0 unspecified atom stereocenters. The van der Waals surface area contributed by atoms with E-state index in [0.717, 1.165) is 45.3 Å². The number of thiazole rings is 1. The Kier molecular flexibility index (Phi) is 6.32. The van der Waals surface area contributed by atoms with E-state index in [2.05, 4.69) is 6.92 Å². The van der Waals surface area contributed by atoms with Gasteiger partial charge in [-0.2, -0.15) is 0 Å². The average Bonchev–Trinajstić information content (AvgIpc) is 3.27. The SMILES string of the molecule is Cc1sc(-c2ccc(Cl)c(Cl)c2)nc1CCOc1ccc2c(c1)CC[C@H]2CC(=O)O. The van der Waals surface area contributed by atoms with Crippen molar-refractivity contribution in [2.45, 2.75) is 38.5 Å². The van der Waals surface area contributed by atoms with Gasteiger partial charge in [-0.1, -0.05) is 35.3 Å². The topological polar surface area (TPSA) is 59.4 Å². The van der Waals surface area contributed by atoms with Crippen LogP contribution in [0.25, 0.3) is 10.6 Å². The molecule has 7 heteroatoms. The first-order valence-corrected chi connectivity index (χ1v) is 11.4. The highest BCUT2D eigenvalue weighted by Crippen LogP contribution is 2.37. The number of ether oxygens (including phenoxy) is 1. The summed E-state index contributed by atoms with van der Waals surface area (Å²) in [4.78, 5) is 16.9. The van der Waals surface area contributed by atoms with Crippen LogP contribution in [0, 0.1) is 6.92 Å². The van der Waals surface area contributed by atoms with Crippen molar-refractivity contribution in [3.8, 4) is 16.3 Å². The number of rotatable bonds is 7. The van der Waals surface area contributed by atoms with E-state index in [1.165, 1.54) is 5.56 Å². The summed E-state index contributed by atoms with van der Waals surface area (Å²) < 4.78 is 5.97. The molecule has 1 atom stereocenters. The normalized spacial score (nSPS) is 15.2. The molecule has 4 rings (SSSR count). The number of benzene rings is 2. The summed E-state index contributed by atoms with van der Waals surface area (Å²) in [7, 11) is 0. The number of halogens is 2.